The molecule has 0 aliphatic rings. The Hall–Kier alpha value is -1.74. The van der Waals surface area contributed by atoms with Crippen LogP contribution in [0.15, 0.2) is 42.5 Å². The molecule has 0 heterocycles. The van der Waals surface area contributed by atoms with Gasteiger partial charge >= 0.3 is 0 Å². The van der Waals surface area contributed by atoms with Crippen molar-refractivity contribution in [3.8, 4) is 0 Å². The lowest BCUT2D eigenvalue weighted by molar-refractivity contribution is 0.572. The Morgan fingerprint density at radius 2 is 1.65 bits per heavy atom. The van der Waals surface area contributed by atoms with Crippen molar-refractivity contribution in [3.05, 3.63) is 70.8 Å². The summed E-state index contributed by atoms with van der Waals surface area (Å²) in [6, 6.07) is 11.6. The first-order valence-corrected chi connectivity index (χ1v) is 6.80. The highest BCUT2D eigenvalue weighted by Gasteiger charge is 2.05. The van der Waals surface area contributed by atoms with Gasteiger partial charge in [0.2, 0.25) is 0 Å². The third-order valence-corrected chi connectivity index (χ3v) is 3.52. The zero-order valence-electron chi connectivity index (χ0n) is 11.8. The number of rotatable bonds is 5. The smallest absolute Gasteiger partial charge is 0.123 e. The third kappa shape index (κ3) is 3.87. The first kappa shape index (κ1) is 14.7. The maximum Gasteiger partial charge on any atom is 0.123 e. The van der Waals surface area contributed by atoms with Gasteiger partial charge in [0.05, 0.1) is 0 Å². The Balaban J connectivity index is 1.87. The second-order valence-corrected chi connectivity index (χ2v) is 5.05. The second kappa shape index (κ2) is 6.62. The van der Waals surface area contributed by atoms with E-state index in [4.69, 9.17) is 0 Å². The Bertz CT molecular complexity index is 564. The summed E-state index contributed by atoms with van der Waals surface area (Å²) >= 11 is 0. The largest absolute Gasteiger partial charge is 0.310 e. The Labute approximate surface area is 118 Å². The summed E-state index contributed by atoms with van der Waals surface area (Å²) in [5.41, 5.74) is 3.17. The van der Waals surface area contributed by atoms with Gasteiger partial charge in [-0.2, -0.15) is 0 Å². The van der Waals surface area contributed by atoms with Gasteiger partial charge in [-0.25, -0.2) is 8.78 Å². The van der Waals surface area contributed by atoms with Crippen molar-refractivity contribution in [2.75, 3.05) is 6.54 Å². The van der Waals surface area contributed by atoms with E-state index in [1.54, 1.807) is 18.2 Å². The van der Waals surface area contributed by atoms with Crippen molar-refractivity contribution in [2.24, 2.45) is 0 Å². The van der Waals surface area contributed by atoms with Gasteiger partial charge in [-0.3, -0.25) is 0 Å². The van der Waals surface area contributed by atoms with Crippen molar-refractivity contribution in [2.45, 2.75) is 26.3 Å². The van der Waals surface area contributed by atoms with Gasteiger partial charge in [-0.1, -0.05) is 18.2 Å². The third-order valence-electron chi connectivity index (χ3n) is 3.52. The molecule has 1 nitrogen and oxygen atoms in total. The lowest BCUT2D eigenvalue weighted by atomic mass is 10.0. The summed E-state index contributed by atoms with van der Waals surface area (Å²) in [6.45, 7) is 4.76. The van der Waals surface area contributed by atoms with E-state index in [0.717, 1.165) is 29.7 Å². The minimum absolute atomic E-state index is 0.163. The summed E-state index contributed by atoms with van der Waals surface area (Å²) in [4.78, 5) is 0. The second-order valence-electron chi connectivity index (χ2n) is 5.05. The molecule has 1 atom stereocenters. The maximum atomic E-state index is 13.0. The van der Waals surface area contributed by atoms with Crippen LogP contribution in [0.3, 0.4) is 0 Å². The number of hydrogen-bond acceptors (Lipinski definition) is 1. The molecule has 0 aliphatic carbocycles. The molecule has 0 radical (unpaired) electrons. The van der Waals surface area contributed by atoms with Crippen LogP contribution in [0.25, 0.3) is 0 Å². The fourth-order valence-electron chi connectivity index (χ4n) is 2.23. The molecule has 2 aromatic rings. The van der Waals surface area contributed by atoms with Crippen LogP contribution in [0, 0.1) is 18.6 Å². The molecule has 0 amide bonds. The van der Waals surface area contributed by atoms with Crippen molar-refractivity contribution < 1.29 is 8.78 Å². The average Bonchev–Trinajstić information content (AvgIpc) is 2.42. The van der Waals surface area contributed by atoms with Gasteiger partial charge < -0.3 is 5.32 Å². The highest BCUT2D eigenvalue weighted by molar-refractivity contribution is 5.27. The van der Waals surface area contributed by atoms with Gasteiger partial charge in [-0.05, 0) is 67.8 Å². The molecule has 1 N–H and O–H groups in total. The molecule has 20 heavy (non-hydrogen) atoms. The first-order valence-electron chi connectivity index (χ1n) is 6.80. The zero-order chi connectivity index (χ0) is 14.5. The fraction of sp³-hybridized carbons (Fsp3) is 0.294. The van der Waals surface area contributed by atoms with Crippen molar-refractivity contribution >= 4 is 0 Å². The summed E-state index contributed by atoms with van der Waals surface area (Å²) in [7, 11) is 0. The normalized spacial score (nSPS) is 12.4. The molecule has 3 heteroatoms. The summed E-state index contributed by atoms with van der Waals surface area (Å²) < 4.78 is 25.9. The van der Waals surface area contributed by atoms with Crippen LogP contribution in [0.2, 0.25) is 0 Å². The molecule has 0 spiro atoms. The number of nitrogens with one attached hydrogen (secondary N) is 1. The minimum Gasteiger partial charge on any atom is -0.310 e. The molecule has 2 aromatic carbocycles. The van der Waals surface area contributed by atoms with Gasteiger partial charge in [0.15, 0.2) is 0 Å². The van der Waals surface area contributed by atoms with Gasteiger partial charge in [-0.15, -0.1) is 0 Å². The topological polar surface area (TPSA) is 12.0 Å². The number of halogens is 2. The molecule has 0 saturated heterocycles. The predicted octanol–water partition coefficient (Wildman–Crippen LogP) is 4.17. The highest BCUT2D eigenvalue weighted by Crippen LogP contribution is 2.14. The van der Waals surface area contributed by atoms with E-state index in [9.17, 15) is 8.78 Å². The lowest BCUT2D eigenvalue weighted by Gasteiger charge is -2.15. The Kier molecular flexibility index (Phi) is 4.85. The number of aryl methyl sites for hydroxylation is 1. The van der Waals surface area contributed by atoms with Crippen LogP contribution in [-0.2, 0) is 6.42 Å². The van der Waals surface area contributed by atoms with E-state index in [2.05, 4.69) is 5.32 Å². The molecule has 0 aromatic heterocycles. The van der Waals surface area contributed by atoms with Crippen LogP contribution < -0.4 is 5.32 Å². The summed E-state index contributed by atoms with van der Waals surface area (Å²) in [6.07, 6.45) is 0.845. The molecule has 0 bridgehead atoms. The van der Waals surface area contributed by atoms with Crippen LogP contribution in [-0.4, -0.2) is 6.54 Å². The van der Waals surface area contributed by atoms with Crippen LogP contribution in [0.1, 0.15) is 29.7 Å². The van der Waals surface area contributed by atoms with E-state index in [1.807, 2.05) is 19.9 Å². The molecule has 0 fully saturated rings. The van der Waals surface area contributed by atoms with E-state index in [-0.39, 0.29) is 17.7 Å². The predicted molar refractivity (Wildman–Crippen MR) is 77.7 cm³/mol. The lowest BCUT2D eigenvalue weighted by Crippen LogP contribution is -2.21. The van der Waals surface area contributed by atoms with E-state index < -0.39 is 0 Å². The van der Waals surface area contributed by atoms with E-state index >= 15 is 0 Å². The molecule has 1 unspecified atom stereocenters. The maximum absolute atomic E-state index is 13.0. The molecular weight excluding hydrogens is 256 g/mol. The average molecular weight is 275 g/mol. The summed E-state index contributed by atoms with van der Waals surface area (Å²) in [5.74, 6) is -0.415. The number of benzene rings is 2. The van der Waals surface area contributed by atoms with Crippen molar-refractivity contribution in [1.82, 2.24) is 5.32 Å². The van der Waals surface area contributed by atoms with Crippen LogP contribution >= 0.6 is 0 Å². The SMILES string of the molecule is Cc1cc(F)ccc1CCNC(C)c1ccc(F)cc1. The van der Waals surface area contributed by atoms with Crippen LogP contribution in [0.5, 0.6) is 0 Å². The standard InChI is InChI=1S/C17H19F2N/c1-12-11-17(19)8-3-14(12)9-10-20-13(2)15-4-6-16(18)7-5-15/h3-8,11,13,20H,9-10H2,1-2H3. The van der Waals surface area contributed by atoms with Crippen molar-refractivity contribution in [1.29, 1.82) is 0 Å². The quantitative estimate of drug-likeness (QED) is 0.863. The Morgan fingerprint density at radius 3 is 2.30 bits per heavy atom. The fourth-order valence-corrected chi connectivity index (χ4v) is 2.23. The Morgan fingerprint density at radius 1 is 1.00 bits per heavy atom. The molecule has 0 saturated carbocycles. The molecule has 0 aliphatic heterocycles. The van der Waals surface area contributed by atoms with Crippen molar-refractivity contribution in [3.63, 3.8) is 0 Å². The van der Waals surface area contributed by atoms with E-state index in [1.165, 1.54) is 18.2 Å². The number of hydrogen-bond donors (Lipinski definition) is 1. The summed E-state index contributed by atoms with van der Waals surface area (Å²) in [5, 5.41) is 3.39. The van der Waals surface area contributed by atoms with Gasteiger partial charge in [0.25, 0.3) is 0 Å². The minimum atomic E-state index is -0.220. The molecule has 106 valence electrons. The highest BCUT2D eigenvalue weighted by atomic mass is 19.1. The van der Waals surface area contributed by atoms with Gasteiger partial charge in [0.1, 0.15) is 11.6 Å². The first-order chi connectivity index (χ1) is 9.56. The van der Waals surface area contributed by atoms with Crippen LogP contribution in [0.4, 0.5) is 8.78 Å². The molecular formula is C17H19F2N. The molecule has 2 rings (SSSR count). The van der Waals surface area contributed by atoms with Gasteiger partial charge in [0, 0.05) is 6.04 Å². The zero-order valence-corrected chi connectivity index (χ0v) is 11.8. The monoisotopic (exact) mass is 275 g/mol. The van der Waals surface area contributed by atoms with E-state index in [0.29, 0.717) is 0 Å².